The summed E-state index contributed by atoms with van der Waals surface area (Å²) in [6.45, 7) is 7.80. The third-order valence-corrected chi connectivity index (χ3v) is 1.76. The van der Waals surface area contributed by atoms with Crippen molar-refractivity contribution in [3.05, 3.63) is 12.2 Å². The van der Waals surface area contributed by atoms with E-state index in [0.717, 1.165) is 5.57 Å². The van der Waals surface area contributed by atoms with Gasteiger partial charge in [0.2, 0.25) is 5.91 Å². The molecule has 0 aliphatic carbocycles. The number of nitrogens with two attached hydrogens (primary N) is 2. The van der Waals surface area contributed by atoms with E-state index in [1.54, 1.807) is 0 Å². The summed E-state index contributed by atoms with van der Waals surface area (Å²) in [5.74, 6) is -0.346. The molecule has 0 bridgehead atoms. The number of rotatable bonds is 9. The summed E-state index contributed by atoms with van der Waals surface area (Å²) in [5.41, 5.74) is 11.5. The number of hydrogen-bond donors (Lipinski definition) is 3. The van der Waals surface area contributed by atoms with Crippen molar-refractivity contribution in [1.82, 2.24) is 5.32 Å². The summed E-state index contributed by atoms with van der Waals surface area (Å²) in [6.07, 6.45) is 0.261. The summed E-state index contributed by atoms with van der Waals surface area (Å²) in [7, 11) is 0. The minimum Gasteiger partial charge on any atom is -0.376 e. The second kappa shape index (κ2) is 8.40. The number of ether oxygens (including phenoxy) is 1. The highest BCUT2D eigenvalue weighted by molar-refractivity contribution is 5.74. The van der Waals surface area contributed by atoms with Crippen LogP contribution in [0.1, 0.15) is 13.3 Å². The number of carbonyl (C=O) groups excluding carboxylic acids is 1. The lowest BCUT2D eigenvalue weighted by Crippen LogP contribution is -2.40. The van der Waals surface area contributed by atoms with Crippen LogP contribution in [0.25, 0.3) is 0 Å². The first-order chi connectivity index (χ1) is 7.06. The molecule has 0 aromatic heterocycles. The minimum absolute atomic E-state index is 0.0593. The molecule has 0 saturated carbocycles. The molecule has 1 atom stereocenters. The maximum Gasteiger partial charge on any atom is 0.219 e. The van der Waals surface area contributed by atoms with Gasteiger partial charge in [-0.05, 0) is 6.92 Å². The van der Waals surface area contributed by atoms with E-state index in [9.17, 15) is 4.79 Å². The SMILES string of the molecule is C=C(C)COCCNC(CN)CC(N)=O. The molecule has 5 nitrogen and oxygen atoms in total. The Morgan fingerprint density at radius 2 is 2.27 bits per heavy atom. The Hall–Kier alpha value is -0.910. The van der Waals surface area contributed by atoms with Crippen LogP contribution in [0.4, 0.5) is 0 Å². The Morgan fingerprint density at radius 1 is 1.60 bits per heavy atom. The molecule has 0 aromatic carbocycles. The van der Waals surface area contributed by atoms with Crippen molar-refractivity contribution in [2.75, 3.05) is 26.3 Å². The van der Waals surface area contributed by atoms with E-state index in [-0.39, 0.29) is 18.4 Å². The van der Waals surface area contributed by atoms with Crippen LogP contribution in [0.15, 0.2) is 12.2 Å². The fourth-order valence-electron chi connectivity index (χ4n) is 1.06. The molecule has 0 fully saturated rings. The molecule has 0 aliphatic rings. The topological polar surface area (TPSA) is 90.4 Å². The molecule has 5 heteroatoms. The molecule has 0 saturated heterocycles. The van der Waals surface area contributed by atoms with Crippen molar-refractivity contribution in [2.45, 2.75) is 19.4 Å². The van der Waals surface area contributed by atoms with Gasteiger partial charge in [-0.3, -0.25) is 4.79 Å². The van der Waals surface area contributed by atoms with Gasteiger partial charge in [-0.2, -0.15) is 0 Å². The van der Waals surface area contributed by atoms with Crippen LogP contribution in [0, 0.1) is 0 Å². The van der Waals surface area contributed by atoms with Crippen LogP contribution in [0.3, 0.4) is 0 Å². The van der Waals surface area contributed by atoms with E-state index >= 15 is 0 Å². The predicted octanol–water partition coefficient (Wildman–Crippen LogP) is -0.629. The first-order valence-electron chi connectivity index (χ1n) is 5.00. The van der Waals surface area contributed by atoms with Gasteiger partial charge in [-0.15, -0.1) is 0 Å². The number of amides is 1. The van der Waals surface area contributed by atoms with Crippen LogP contribution in [-0.4, -0.2) is 38.3 Å². The molecule has 0 radical (unpaired) electrons. The van der Waals surface area contributed by atoms with Crippen molar-refractivity contribution in [2.24, 2.45) is 11.5 Å². The van der Waals surface area contributed by atoms with E-state index in [1.165, 1.54) is 0 Å². The third kappa shape index (κ3) is 9.40. The predicted molar refractivity (Wildman–Crippen MR) is 60.3 cm³/mol. The Balaban J connectivity index is 3.46. The number of hydrogen-bond acceptors (Lipinski definition) is 4. The second-order valence-corrected chi connectivity index (χ2v) is 3.57. The third-order valence-electron chi connectivity index (χ3n) is 1.76. The highest BCUT2D eigenvalue weighted by atomic mass is 16.5. The Bertz CT molecular complexity index is 207. The lowest BCUT2D eigenvalue weighted by Gasteiger charge is -2.14. The Morgan fingerprint density at radius 3 is 2.73 bits per heavy atom. The largest absolute Gasteiger partial charge is 0.376 e. The molecule has 0 heterocycles. The monoisotopic (exact) mass is 215 g/mol. The minimum atomic E-state index is -0.346. The molecule has 88 valence electrons. The summed E-state index contributed by atoms with van der Waals surface area (Å²) >= 11 is 0. The number of nitrogens with one attached hydrogen (secondary N) is 1. The van der Waals surface area contributed by atoms with Crippen molar-refractivity contribution < 1.29 is 9.53 Å². The smallest absolute Gasteiger partial charge is 0.219 e. The summed E-state index contributed by atoms with van der Waals surface area (Å²) in [5, 5.41) is 3.09. The summed E-state index contributed by atoms with van der Waals surface area (Å²) < 4.78 is 5.28. The zero-order chi connectivity index (χ0) is 11.7. The van der Waals surface area contributed by atoms with E-state index in [0.29, 0.717) is 26.3 Å². The zero-order valence-corrected chi connectivity index (χ0v) is 9.29. The standard InChI is InChI=1S/C10H21N3O2/c1-8(2)7-15-4-3-13-9(6-11)5-10(12)14/h9,13H,1,3-7,11H2,2H3,(H2,12,14). The lowest BCUT2D eigenvalue weighted by molar-refractivity contribution is -0.118. The average Bonchev–Trinajstić information content (AvgIpc) is 2.14. The number of carbonyl (C=O) groups is 1. The van der Waals surface area contributed by atoms with Gasteiger partial charge in [0.1, 0.15) is 0 Å². The summed E-state index contributed by atoms with van der Waals surface area (Å²) in [4.78, 5) is 10.6. The normalized spacial score (nSPS) is 12.4. The average molecular weight is 215 g/mol. The summed E-state index contributed by atoms with van der Waals surface area (Å²) in [6, 6.07) is -0.0593. The molecule has 1 unspecified atom stereocenters. The Kier molecular flexibility index (Phi) is 7.89. The van der Waals surface area contributed by atoms with Crippen molar-refractivity contribution in [1.29, 1.82) is 0 Å². The van der Waals surface area contributed by atoms with Gasteiger partial charge in [0.05, 0.1) is 13.2 Å². The van der Waals surface area contributed by atoms with E-state index in [4.69, 9.17) is 16.2 Å². The van der Waals surface area contributed by atoms with Crippen molar-refractivity contribution in [3.63, 3.8) is 0 Å². The van der Waals surface area contributed by atoms with Crippen LogP contribution in [0.5, 0.6) is 0 Å². The molecular formula is C10H21N3O2. The quantitative estimate of drug-likeness (QED) is 0.353. The molecular weight excluding hydrogens is 194 g/mol. The van der Waals surface area contributed by atoms with Gasteiger partial charge >= 0.3 is 0 Å². The van der Waals surface area contributed by atoms with Crippen LogP contribution in [0.2, 0.25) is 0 Å². The molecule has 0 aromatic rings. The first kappa shape index (κ1) is 14.1. The molecule has 0 spiro atoms. The van der Waals surface area contributed by atoms with Gasteiger partial charge in [-0.25, -0.2) is 0 Å². The molecule has 1 amide bonds. The maximum absolute atomic E-state index is 10.6. The Labute approximate surface area is 90.8 Å². The first-order valence-corrected chi connectivity index (χ1v) is 5.00. The molecule has 15 heavy (non-hydrogen) atoms. The zero-order valence-electron chi connectivity index (χ0n) is 9.29. The molecule has 5 N–H and O–H groups in total. The van der Waals surface area contributed by atoms with Gasteiger partial charge in [0.25, 0.3) is 0 Å². The fraction of sp³-hybridized carbons (Fsp3) is 0.700. The van der Waals surface area contributed by atoms with Crippen molar-refractivity contribution >= 4 is 5.91 Å². The lowest BCUT2D eigenvalue weighted by atomic mass is 10.2. The highest BCUT2D eigenvalue weighted by Crippen LogP contribution is 1.89. The van der Waals surface area contributed by atoms with Gasteiger partial charge < -0.3 is 21.5 Å². The van der Waals surface area contributed by atoms with Gasteiger partial charge in [0, 0.05) is 25.6 Å². The molecule has 0 aliphatic heterocycles. The van der Waals surface area contributed by atoms with Gasteiger partial charge in [0.15, 0.2) is 0 Å². The second-order valence-electron chi connectivity index (χ2n) is 3.57. The number of primary amides is 1. The van der Waals surface area contributed by atoms with Crippen LogP contribution in [-0.2, 0) is 9.53 Å². The van der Waals surface area contributed by atoms with Crippen LogP contribution >= 0.6 is 0 Å². The van der Waals surface area contributed by atoms with Gasteiger partial charge in [-0.1, -0.05) is 12.2 Å². The van der Waals surface area contributed by atoms with Crippen molar-refractivity contribution in [3.8, 4) is 0 Å². The van der Waals surface area contributed by atoms with E-state index in [1.807, 2.05) is 6.92 Å². The fourth-order valence-corrected chi connectivity index (χ4v) is 1.06. The highest BCUT2D eigenvalue weighted by Gasteiger charge is 2.08. The van der Waals surface area contributed by atoms with E-state index < -0.39 is 0 Å². The molecule has 0 rings (SSSR count). The van der Waals surface area contributed by atoms with Crippen LogP contribution < -0.4 is 16.8 Å². The van der Waals surface area contributed by atoms with E-state index in [2.05, 4.69) is 11.9 Å². The maximum atomic E-state index is 10.6.